The maximum atomic E-state index is 11.5. The molecule has 0 fully saturated rings. The highest BCUT2D eigenvalue weighted by molar-refractivity contribution is 5.82. The van der Waals surface area contributed by atoms with E-state index in [1.807, 2.05) is 0 Å². The van der Waals surface area contributed by atoms with Crippen LogP contribution in [0.2, 0.25) is 0 Å². The first kappa shape index (κ1) is 11.4. The van der Waals surface area contributed by atoms with E-state index in [4.69, 9.17) is 0 Å². The minimum atomic E-state index is -0.898. The molecule has 2 N–H and O–H groups in total. The van der Waals surface area contributed by atoms with Gasteiger partial charge in [-0.1, -0.05) is 0 Å². The fourth-order valence-corrected chi connectivity index (χ4v) is 1.33. The molecule has 0 heterocycles. The summed E-state index contributed by atoms with van der Waals surface area (Å²) < 4.78 is 4.65. The molecule has 0 aliphatic rings. The van der Waals surface area contributed by atoms with Crippen LogP contribution in [-0.2, 0) is 14.9 Å². The Labute approximate surface area is 88.1 Å². The van der Waals surface area contributed by atoms with Gasteiger partial charge in [-0.15, -0.1) is 0 Å². The van der Waals surface area contributed by atoms with Crippen LogP contribution in [-0.4, -0.2) is 23.3 Å². The number of benzene rings is 1. The molecule has 4 heteroatoms. The maximum Gasteiger partial charge on any atom is 0.315 e. The molecule has 0 unspecified atom stereocenters. The molecule has 0 aromatic heterocycles. The van der Waals surface area contributed by atoms with E-state index in [1.54, 1.807) is 13.8 Å². The van der Waals surface area contributed by atoms with Crippen molar-refractivity contribution in [1.82, 2.24) is 0 Å². The van der Waals surface area contributed by atoms with Crippen LogP contribution in [0.4, 0.5) is 0 Å². The van der Waals surface area contributed by atoms with E-state index >= 15 is 0 Å². The first-order valence-corrected chi connectivity index (χ1v) is 4.50. The molecule has 15 heavy (non-hydrogen) atoms. The molecule has 0 atom stereocenters. The number of carbonyl (C=O) groups is 1. The van der Waals surface area contributed by atoms with Gasteiger partial charge >= 0.3 is 5.97 Å². The number of phenolic OH excluding ortho intramolecular Hbond substituents is 2. The Morgan fingerprint density at radius 3 is 2.07 bits per heavy atom. The topological polar surface area (TPSA) is 66.8 Å². The third-order valence-electron chi connectivity index (χ3n) is 2.32. The number of ether oxygens (including phenoxy) is 1. The second kappa shape index (κ2) is 3.81. The number of aromatic hydroxyl groups is 2. The SMILES string of the molecule is COC(=O)C(C)(C)c1cc(O)cc(O)c1. The third-order valence-corrected chi connectivity index (χ3v) is 2.32. The van der Waals surface area contributed by atoms with E-state index in [9.17, 15) is 15.0 Å². The number of hydrogen-bond acceptors (Lipinski definition) is 4. The first-order chi connectivity index (χ1) is 6.87. The van der Waals surface area contributed by atoms with Crippen LogP contribution in [0.15, 0.2) is 18.2 Å². The molecule has 0 amide bonds. The highest BCUT2D eigenvalue weighted by Gasteiger charge is 2.31. The summed E-state index contributed by atoms with van der Waals surface area (Å²) in [6.07, 6.45) is 0. The lowest BCUT2D eigenvalue weighted by Gasteiger charge is -2.22. The summed E-state index contributed by atoms with van der Waals surface area (Å²) in [6.45, 7) is 3.32. The standard InChI is InChI=1S/C11H14O4/c1-11(2,10(14)15-3)7-4-8(12)6-9(13)5-7/h4-6,12-13H,1-3H3. The Balaban J connectivity index is 3.20. The lowest BCUT2D eigenvalue weighted by Crippen LogP contribution is -2.30. The van der Waals surface area contributed by atoms with Gasteiger partial charge in [0.05, 0.1) is 12.5 Å². The number of esters is 1. The van der Waals surface area contributed by atoms with Crippen molar-refractivity contribution >= 4 is 5.97 Å². The predicted octanol–water partition coefficient (Wildman–Crippen LogP) is 1.55. The fraction of sp³-hybridized carbons (Fsp3) is 0.364. The van der Waals surface area contributed by atoms with E-state index in [1.165, 1.54) is 25.3 Å². The van der Waals surface area contributed by atoms with Crippen LogP contribution in [0.5, 0.6) is 11.5 Å². The zero-order valence-electron chi connectivity index (χ0n) is 8.94. The lowest BCUT2D eigenvalue weighted by molar-refractivity contribution is -0.146. The number of rotatable bonds is 2. The fourth-order valence-electron chi connectivity index (χ4n) is 1.33. The van der Waals surface area contributed by atoms with E-state index in [-0.39, 0.29) is 11.5 Å². The Bertz CT molecular complexity index is 362. The van der Waals surface area contributed by atoms with Gasteiger partial charge in [-0.3, -0.25) is 4.79 Å². The van der Waals surface area contributed by atoms with Crippen molar-refractivity contribution in [2.45, 2.75) is 19.3 Å². The highest BCUT2D eigenvalue weighted by Crippen LogP contribution is 2.30. The van der Waals surface area contributed by atoms with Gasteiger partial charge in [0, 0.05) is 6.07 Å². The summed E-state index contributed by atoms with van der Waals surface area (Å²) >= 11 is 0. The van der Waals surface area contributed by atoms with Gasteiger partial charge in [0.1, 0.15) is 11.5 Å². The Kier molecular flexibility index (Phi) is 2.88. The van der Waals surface area contributed by atoms with Crippen LogP contribution >= 0.6 is 0 Å². The zero-order chi connectivity index (χ0) is 11.6. The first-order valence-electron chi connectivity index (χ1n) is 4.50. The Morgan fingerprint density at radius 2 is 1.67 bits per heavy atom. The van der Waals surface area contributed by atoms with Crippen molar-refractivity contribution in [3.8, 4) is 11.5 Å². The lowest BCUT2D eigenvalue weighted by atomic mass is 9.84. The maximum absolute atomic E-state index is 11.5. The Hall–Kier alpha value is -1.71. The smallest absolute Gasteiger partial charge is 0.315 e. The molecule has 0 saturated carbocycles. The van der Waals surface area contributed by atoms with Gasteiger partial charge in [-0.05, 0) is 31.5 Å². The van der Waals surface area contributed by atoms with Crippen LogP contribution in [0.1, 0.15) is 19.4 Å². The van der Waals surface area contributed by atoms with Crippen molar-refractivity contribution in [2.24, 2.45) is 0 Å². The molecule has 1 aromatic rings. The second-order valence-corrected chi connectivity index (χ2v) is 3.85. The molecular formula is C11H14O4. The molecule has 1 aromatic carbocycles. The van der Waals surface area contributed by atoms with Crippen LogP contribution in [0.3, 0.4) is 0 Å². The summed E-state index contributed by atoms with van der Waals surface area (Å²) in [6, 6.07) is 4.06. The van der Waals surface area contributed by atoms with Crippen molar-refractivity contribution in [3.63, 3.8) is 0 Å². The van der Waals surface area contributed by atoms with Gasteiger partial charge in [0.2, 0.25) is 0 Å². The minimum Gasteiger partial charge on any atom is -0.508 e. The van der Waals surface area contributed by atoms with E-state index in [2.05, 4.69) is 4.74 Å². The molecule has 82 valence electrons. The van der Waals surface area contributed by atoms with E-state index in [0.717, 1.165) is 0 Å². The third kappa shape index (κ3) is 2.21. The molecule has 0 saturated heterocycles. The molecule has 0 bridgehead atoms. The van der Waals surface area contributed by atoms with Crippen molar-refractivity contribution in [2.75, 3.05) is 7.11 Å². The molecule has 0 radical (unpaired) electrons. The zero-order valence-corrected chi connectivity index (χ0v) is 8.94. The van der Waals surface area contributed by atoms with Crippen LogP contribution < -0.4 is 0 Å². The summed E-state index contributed by atoms with van der Waals surface area (Å²) in [5.41, 5.74) is -0.392. The van der Waals surface area contributed by atoms with Gasteiger partial charge in [0.15, 0.2) is 0 Å². The molecule has 0 aliphatic heterocycles. The monoisotopic (exact) mass is 210 g/mol. The number of carbonyl (C=O) groups excluding carboxylic acids is 1. The quantitative estimate of drug-likeness (QED) is 0.727. The summed E-state index contributed by atoms with van der Waals surface area (Å²) in [5.74, 6) is -0.587. The van der Waals surface area contributed by atoms with Gasteiger partial charge in [-0.2, -0.15) is 0 Å². The summed E-state index contributed by atoms with van der Waals surface area (Å²) in [5, 5.41) is 18.6. The molecular weight excluding hydrogens is 196 g/mol. The van der Waals surface area contributed by atoms with Crippen molar-refractivity contribution < 1.29 is 19.7 Å². The predicted molar refractivity (Wildman–Crippen MR) is 54.8 cm³/mol. The normalized spacial score (nSPS) is 11.1. The molecule has 0 spiro atoms. The van der Waals surface area contributed by atoms with Gasteiger partial charge < -0.3 is 14.9 Å². The van der Waals surface area contributed by atoms with Crippen molar-refractivity contribution in [1.29, 1.82) is 0 Å². The molecule has 4 nitrogen and oxygen atoms in total. The Morgan fingerprint density at radius 1 is 1.20 bits per heavy atom. The molecule has 1 rings (SSSR count). The summed E-state index contributed by atoms with van der Waals surface area (Å²) in [7, 11) is 1.30. The van der Waals surface area contributed by atoms with Crippen LogP contribution in [0.25, 0.3) is 0 Å². The average molecular weight is 210 g/mol. The van der Waals surface area contributed by atoms with Gasteiger partial charge in [-0.25, -0.2) is 0 Å². The molecule has 0 aliphatic carbocycles. The van der Waals surface area contributed by atoms with Gasteiger partial charge in [0.25, 0.3) is 0 Å². The van der Waals surface area contributed by atoms with E-state index in [0.29, 0.717) is 5.56 Å². The minimum absolute atomic E-state index is 0.0815. The van der Waals surface area contributed by atoms with Crippen molar-refractivity contribution in [3.05, 3.63) is 23.8 Å². The number of hydrogen-bond donors (Lipinski definition) is 2. The van der Waals surface area contributed by atoms with Crippen LogP contribution in [0, 0.1) is 0 Å². The number of phenols is 2. The largest absolute Gasteiger partial charge is 0.508 e. The second-order valence-electron chi connectivity index (χ2n) is 3.85. The number of methoxy groups -OCH3 is 1. The summed E-state index contributed by atoms with van der Waals surface area (Å²) in [4.78, 5) is 11.5. The van der Waals surface area contributed by atoms with E-state index < -0.39 is 11.4 Å². The average Bonchev–Trinajstić information content (AvgIpc) is 2.15. The highest BCUT2D eigenvalue weighted by atomic mass is 16.5.